The number of carbonyl (C=O) groups is 2. The lowest BCUT2D eigenvalue weighted by atomic mass is 9.98. The van der Waals surface area contributed by atoms with E-state index in [9.17, 15) is 14.0 Å². The fourth-order valence-electron chi connectivity index (χ4n) is 4.40. The smallest absolute Gasteiger partial charge is 0.407 e. The highest BCUT2D eigenvalue weighted by molar-refractivity contribution is 7.99. The number of aldehydes is 1. The number of hydrogen-bond donors (Lipinski definition) is 1. The van der Waals surface area contributed by atoms with Crippen molar-refractivity contribution in [2.45, 2.75) is 22.3 Å². The molecule has 35 heavy (non-hydrogen) atoms. The molecule has 0 aliphatic heterocycles. The van der Waals surface area contributed by atoms with Crippen molar-refractivity contribution in [1.82, 2.24) is 5.32 Å². The molecule has 0 spiro atoms. The summed E-state index contributed by atoms with van der Waals surface area (Å²) in [6, 6.07) is 28.1. The first-order valence-corrected chi connectivity index (χ1v) is 12.1. The van der Waals surface area contributed by atoms with E-state index in [2.05, 4.69) is 29.6 Å². The second-order valence-corrected chi connectivity index (χ2v) is 9.22. The van der Waals surface area contributed by atoms with E-state index in [0.717, 1.165) is 33.3 Å². The molecule has 1 aliphatic rings. The summed E-state index contributed by atoms with van der Waals surface area (Å²) >= 11 is 1.16. The monoisotopic (exact) mass is 483 g/mol. The summed E-state index contributed by atoms with van der Waals surface area (Å²) in [6.07, 6.45) is 0.120. The van der Waals surface area contributed by atoms with Gasteiger partial charge in [-0.1, -0.05) is 90.6 Å². The van der Waals surface area contributed by atoms with E-state index < -0.39 is 11.9 Å². The number of ether oxygens (including phenoxy) is 1. The molecule has 0 bridgehead atoms. The average molecular weight is 484 g/mol. The summed E-state index contributed by atoms with van der Waals surface area (Å²) in [5, 5.41) is 2.80. The first kappa shape index (κ1) is 22.9. The molecule has 0 unspecified atom stereocenters. The molecule has 4 nitrogen and oxygen atoms in total. The molecular weight excluding hydrogens is 461 g/mol. The van der Waals surface area contributed by atoms with Gasteiger partial charge in [-0.25, -0.2) is 9.18 Å². The summed E-state index contributed by atoms with van der Waals surface area (Å²) in [4.78, 5) is 24.9. The standard InChI is InChI=1S/C29H22FNO3S/c30-26-14-7-9-20(17-32)28(26)35-27-15-6-1-8-19(27)16-31-29(33)34-18-25-23-12-4-2-10-21(23)22-11-3-5-13-24(22)25/h1-15,17,25H,16,18H2,(H,31,33). The van der Waals surface area contributed by atoms with E-state index in [-0.39, 0.29) is 29.5 Å². The van der Waals surface area contributed by atoms with Gasteiger partial charge in [-0.2, -0.15) is 0 Å². The normalized spacial score (nSPS) is 12.0. The number of nitrogens with one attached hydrogen (secondary N) is 1. The van der Waals surface area contributed by atoms with Gasteiger partial charge < -0.3 is 10.1 Å². The van der Waals surface area contributed by atoms with Gasteiger partial charge in [0.05, 0.1) is 4.90 Å². The number of alkyl carbamates (subject to hydrolysis) is 1. The second-order valence-electron chi connectivity index (χ2n) is 8.16. The molecule has 1 aliphatic carbocycles. The summed E-state index contributed by atoms with van der Waals surface area (Å²) in [5.74, 6) is -0.474. The van der Waals surface area contributed by atoms with Crippen molar-refractivity contribution in [3.63, 3.8) is 0 Å². The van der Waals surface area contributed by atoms with E-state index in [4.69, 9.17) is 4.74 Å². The Kier molecular flexibility index (Phi) is 6.64. The maximum atomic E-state index is 14.4. The Balaban J connectivity index is 1.25. The minimum atomic E-state index is -0.522. The van der Waals surface area contributed by atoms with Crippen LogP contribution in [0.25, 0.3) is 11.1 Å². The van der Waals surface area contributed by atoms with Crippen molar-refractivity contribution in [2.75, 3.05) is 6.61 Å². The molecule has 0 aromatic heterocycles. The number of fused-ring (bicyclic) bond motifs is 3. The van der Waals surface area contributed by atoms with E-state index in [1.54, 1.807) is 6.07 Å². The van der Waals surface area contributed by atoms with Gasteiger partial charge in [-0.15, -0.1) is 0 Å². The molecule has 5 rings (SSSR count). The Morgan fingerprint density at radius 1 is 0.886 bits per heavy atom. The van der Waals surface area contributed by atoms with Crippen LogP contribution in [0.2, 0.25) is 0 Å². The summed E-state index contributed by atoms with van der Waals surface area (Å²) in [6.45, 7) is 0.443. The third kappa shape index (κ3) is 4.70. The van der Waals surface area contributed by atoms with E-state index in [1.807, 2.05) is 48.5 Å². The van der Waals surface area contributed by atoms with Gasteiger partial charge in [0.2, 0.25) is 0 Å². The van der Waals surface area contributed by atoms with Gasteiger partial charge in [-0.05, 0) is 39.9 Å². The number of hydrogen-bond acceptors (Lipinski definition) is 4. The third-order valence-electron chi connectivity index (χ3n) is 6.08. The lowest BCUT2D eigenvalue weighted by molar-refractivity contribution is 0.112. The van der Waals surface area contributed by atoms with Crippen molar-refractivity contribution < 1.29 is 18.7 Å². The van der Waals surface area contributed by atoms with Gasteiger partial charge in [-0.3, -0.25) is 4.79 Å². The molecule has 0 radical (unpaired) electrons. The second kappa shape index (κ2) is 10.2. The van der Waals surface area contributed by atoms with Crippen LogP contribution in [0.5, 0.6) is 0 Å². The van der Waals surface area contributed by atoms with Crippen LogP contribution in [-0.4, -0.2) is 19.0 Å². The number of amides is 1. The van der Waals surface area contributed by atoms with Crippen molar-refractivity contribution in [2.24, 2.45) is 0 Å². The molecule has 4 aromatic rings. The minimum Gasteiger partial charge on any atom is -0.449 e. The lowest BCUT2D eigenvalue weighted by Gasteiger charge is -2.15. The zero-order valence-electron chi connectivity index (χ0n) is 18.7. The molecule has 0 fully saturated rings. The van der Waals surface area contributed by atoms with Gasteiger partial charge >= 0.3 is 6.09 Å². The maximum absolute atomic E-state index is 14.4. The van der Waals surface area contributed by atoms with E-state index >= 15 is 0 Å². The molecule has 0 saturated carbocycles. The molecule has 1 N–H and O–H groups in total. The van der Waals surface area contributed by atoms with Gasteiger partial charge in [0, 0.05) is 22.9 Å². The number of halogens is 1. The Hall–Kier alpha value is -3.90. The van der Waals surface area contributed by atoms with E-state index in [0.29, 0.717) is 6.29 Å². The third-order valence-corrected chi connectivity index (χ3v) is 7.33. The van der Waals surface area contributed by atoms with Crippen LogP contribution in [0.1, 0.15) is 33.0 Å². The van der Waals surface area contributed by atoms with Gasteiger partial charge in [0.15, 0.2) is 6.29 Å². The first-order valence-electron chi connectivity index (χ1n) is 11.2. The molecule has 6 heteroatoms. The number of rotatable bonds is 7. The van der Waals surface area contributed by atoms with Gasteiger partial charge in [0.25, 0.3) is 0 Å². The maximum Gasteiger partial charge on any atom is 0.407 e. The zero-order valence-corrected chi connectivity index (χ0v) is 19.6. The van der Waals surface area contributed by atoms with Crippen LogP contribution in [0.4, 0.5) is 9.18 Å². The summed E-state index contributed by atoms with van der Waals surface area (Å²) in [5.41, 5.74) is 5.73. The largest absolute Gasteiger partial charge is 0.449 e. The Labute approximate surface area is 207 Å². The minimum absolute atomic E-state index is 0.0150. The molecule has 4 aromatic carbocycles. The molecule has 1 amide bonds. The predicted molar refractivity (Wildman–Crippen MR) is 134 cm³/mol. The summed E-state index contributed by atoms with van der Waals surface area (Å²) in [7, 11) is 0. The van der Waals surface area contributed by atoms with Crippen LogP contribution in [0.15, 0.2) is 101 Å². The highest BCUT2D eigenvalue weighted by Gasteiger charge is 2.29. The highest BCUT2D eigenvalue weighted by Crippen LogP contribution is 2.44. The van der Waals surface area contributed by atoms with Crippen molar-refractivity contribution in [3.05, 3.63) is 119 Å². The highest BCUT2D eigenvalue weighted by atomic mass is 32.2. The topological polar surface area (TPSA) is 55.4 Å². The SMILES string of the molecule is O=Cc1cccc(F)c1Sc1ccccc1CNC(=O)OCC1c2ccccc2-c2ccccc21. The molecule has 174 valence electrons. The molecule has 0 atom stereocenters. The van der Waals surface area contributed by atoms with Crippen LogP contribution in [0.3, 0.4) is 0 Å². The quantitative estimate of drug-likeness (QED) is 0.293. The zero-order chi connectivity index (χ0) is 24.2. The summed E-state index contributed by atoms with van der Waals surface area (Å²) < 4.78 is 20.0. The lowest BCUT2D eigenvalue weighted by Crippen LogP contribution is -2.25. The fourth-order valence-corrected chi connectivity index (χ4v) is 5.44. The Morgan fingerprint density at radius 2 is 1.54 bits per heavy atom. The predicted octanol–water partition coefficient (Wildman–Crippen LogP) is 6.83. The molecule has 0 saturated heterocycles. The van der Waals surface area contributed by atoms with Crippen molar-refractivity contribution in [1.29, 1.82) is 0 Å². The van der Waals surface area contributed by atoms with Gasteiger partial charge in [0.1, 0.15) is 12.4 Å². The molecule has 0 heterocycles. The molecular formula is C29H22FNO3S. The Bertz CT molecular complexity index is 1360. The van der Waals surface area contributed by atoms with Crippen LogP contribution in [0, 0.1) is 5.82 Å². The van der Waals surface area contributed by atoms with Crippen molar-refractivity contribution >= 4 is 24.1 Å². The average Bonchev–Trinajstić information content (AvgIpc) is 3.21. The van der Waals surface area contributed by atoms with Crippen molar-refractivity contribution in [3.8, 4) is 11.1 Å². The first-order chi connectivity index (χ1) is 17.2. The number of benzene rings is 4. The van der Waals surface area contributed by atoms with Crippen LogP contribution in [-0.2, 0) is 11.3 Å². The fraction of sp³-hybridized carbons (Fsp3) is 0.103. The van der Waals surface area contributed by atoms with E-state index in [1.165, 1.54) is 23.3 Å². The number of carbonyl (C=O) groups excluding carboxylic acids is 2. The Morgan fingerprint density at radius 3 is 2.26 bits per heavy atom. The van der Waals surface area contributed by atoms with Crippen LogP contribution < -0.4 is 5.32 Å². The van der Waals surface area contributed by atoms with Crippen LogP contribution >= 0.6 is 11.8 Å².